The lowest BCUT2D eigenvalue weighted by molar-refractivity contribution is -0.132. The first-order chi connectivity index (χ1) is 16.2. The Labute approximate surface area is 203 Å². The smallest absolute Gasteiger partial charge is 0.300 e. The summed E-state index contributed by atoms with van der Waals surface area (Å²) in [4.78, 5) is 27.4. The van der Waals surface area contributed by atoms with Gasteiger partial charge in [0.2, 0.25) is 0 Å². The van der Waals surface area contributed by atoms with Crippen molar-refractivity contribution in [1.82, 2.24) is 0 Å². The van der Waals surface area contributed by atoms with E-state index >= 15 is 0 Å². The number of nitrogens with zero attached hydrogens (tertiary/aromatic N) is 1. The first-order valence-electron chi connectivity index (χ1n) is 10.5. The highest BCUT2D eigenvalue weighted by atomic mass is 79.9. The predicted molar refractivity (Wildman–Crippen MR) is 128 cm³/mol. The Balaban J connectivity index is 1.96. The Bertz CT molecular complexity index is 1340. The number of halogens is 3. The topological polar surface area (TPSA) is 66.8 Å². The van der Waals surface area contributed by atoms with Crippen molar-refractivity contribution in [1.29, 1.82) is 0 Å². The molecule has 1 fully saturated rings. The van der Waals surface area contributed by atoms with Crippen LogP contribution in [0, 0.1) is 18.6 Å². The highest BCUT2D eigenvalue weighted by molar-refractivity contribution is 9.10. The van der Waals surface area contributed by atoms with Gasteiger partial charge < -0.3 is 9.84 Å². The minimum Gasteiger partial charge on any atom is -0.507 e. The van der Waals surface area contributed by atoms with E-state index in [1.54, 1.807) is 42.5 Å². The lowest BCUT2D eigenvalue weighted by atomic mass is 9.94. The number of anilines is 1. The van der Waals surface area contributed by atoms with E-state index in [0.717, 1.165) is 27.1 Å². The van der Waals surface area contributed by atoms with Gasteiger partial charge in [0.25, 0.3) is 11.7 Å². The van der Waals surface area contributed by atoms with Crippen molar-refractivity contribution in [2.24, 2.45) is 0 Å². The number of rotatable bonds is 5. The number of carbonyl (C=O) groups is 2. The quantitative estimate of drug-likeness (QED) is 0.249. The summed E-state index contributed by atoms with van der Waals surface area (Å²) in [6.45, 7) is 4.03. The van der Waals surface area contributed by atoms with Gasteiger partial charge in [-0.25, -0.2) is 8.78 Å². The van der Waals surface area contributed by atoms with Crippen LogP contribution >= 0.6 is 15.9 Å². The Hall–Kier alpha value is -3.52. The number of amides is 1. The molecule has 3 aromatic rings. The van der Waals surface area contributed by atoms with Crippen molar-refractivity contribution in [2.75, 3.05) is 11.5 Å². The van der Waals surface area contributed by atoms with Crippen LogP contribution in [0.2, 0.25) is 0 Å². The molecule has 1 amide bonds. The van der Waals surface area contributed by atoms with Gasteiger partial charge in [-0.1, -0.05) is 34.1 Å². The fourth-order valence-electron chi connectivity index (χ4n) is 3.94. The molecule has 3 aromatic carbocycles. The van der Waals surface area contributed by atoms with E-state index in [9.17, 15) is 23.5 Å². The highest BCUT2D eigenvalue weighted by Gasteiger charge is 2.47. The average molecular weight is 528 g/mol. The summed E-state index contributed by atoms with van der Waals surface area (Å²) in [6, 6.07) is 13.6. The third-order valence-corrected chi connectivity index (χ3v) is 6.43. The van der Waals surface area contributed by atoms with Gasteiger partial charge in [0.05, 0.1) is 18.2 Å². The van der Waals surface area contributed by atoms with Crippen LogP contribution in [0.1, 0.15) is 29.7 Å². The second-order valence-corrected chi connectivity index (χ2v) is 8.59. The number of aliphatic hydroxyl groups excluding tert-OH is 1. The van der Waals surface area contributed by atoms with Gasteiger partial charge in [-0.3, -0.25) is 14.5 Å². The second-order valence-electron chi connectivity index (χ2n) is 7.74. The Morgan fingerprint density at radius 3 is 2.50 bits per heavy atom. The molecule has 4 rings (SSSR count). The number of aliphatic hydroxyl groups is 1. The van der Waals surface area contributed by atoms with Crippen LogP contribution < -0.4 is 9.64 Å². The van der Waals surface area contributed by atoms with Gasteiger partial charge in [0.1, 0.15) is 11.5 Å². The summed E-state index contributed by atoms with van der Waals surface area (Å²) in [5, 5.41) is 11.2. The summed E-state index contributed by atoms with van der Waals surface area (Å²) in [7, 11) is 0. The van der Waals surface area contributed by atoms with Crippen molar-refractivity contribution < 1.29 is 28.2 Å². The zero-order valence-corrected chi connectivity index (χ0v) is 19.9. The zero-order chi connectivity index (χ0) is 24.6. The molecule has 1 saturated heterocycles. The molecule has 1 atom stereocenters. The van der Waals surface area contributed by atoms with Gasteiger partial charge >= 0.3 is 0 Å². The maximum Gasteiger partial charge on any atom is 0.300 e. The molecule has 0 saturated carbocycles. The number of hydrogen-bond donors (Lipinski definition) is 1. The third-order valence-electron chi connectivity index (χ3n) is 5.54. The maximum atomic E-state index is 14.1. The van der Waals surface area contributed by atoms with Crippen LogP contribution in [0.4, 0.5) is 14.5 Å². The monoisotopic (exact) mass is 527 g/mol. The molecule has 0 radical (unpaired) electrons. The van der Waals surface area contributed by atoms with Crippen molar-refractivity contribution in [3.8, 4) is 5.75 Å². The number of ether oxygens (including phenoxy) is 1. The number of aryl methyl sites for hydroxylation is 1. The van der Waals surface area contributed by atoms with E-state index in [-0.39, 0.29) is 17.0 Å². The van der Waals surface area contributed by atoms with Crippen LogP contribution in [0.3, 0.4) is 0 Å². The molecule has 1 heterocycles. The molecule has 8 heteroatoms. The number of Topliss-reactive ketones (excluding diaryl/α,β-unsaturated/α-hetero) is 1. The van der Waals surface area contributed by atoms with Crippen LogP contribution in [0.5, 0.6) is 5.75 Å². The van der Waals surface area contributed by atoms with E-state index in [2.05, 4.69) is 15.9 Å². The molecule has 0 bridgehead atoms. The van der Waals surface area contributed by atoms with Gasteiger partial charge in [-0.05, 0) is 61.4 Å². The molecule has 0 aromatic heterocycles. The van der Waals surface area contributed by atoms with E-state index in [0.29, 0.717) is 23.5 Å². The van der Waals surface area contributed by atoms with Gasteiger partial charge in [0.15, 0.2) is 11.6 Å². The maximum absolute atomic E-state index is 14.1. The molecule has 0 aliphatic carbocycles. The van der Waals surface area contributed by atoms with Crippen molar-refractivity contribution in [3.05, 3.63) is 99.0 Å². The Morgan fingerprint density at radius 1 is 1.06 bits per heavy atom. The largest absolute Gasteiger partial charge is 0.507 e. The molecular weight excluding hydrogens is 508 g/mol. The average Bonchev–Trinajstić information content (AvgIpc) is 3.08. The fraction of sp³-hybridized carbons (Fsp3) is 0.154. The van der Waals surface area contributed by atoms with E-state index in [1.165, 1.54) is 6.07 Å². The standard InChI is InChI=1S/C26H20BrF2NO4/c1-3-34-18-6-4-5-15(12-18)23-22(24(31)16-7-9-19(27)14(2)11-16)25(32)26(33)30(23)17-8-10-20(28)21(29)13-17/h4-13,23,31H,3H2,1-2H3/b24-22+. The number of ketones is 1. The van der Waals surface area contributed by atoms with E-state index in [4.69, 9.17) is 4.74 Å². The highest BCUT2D eigenvalue weighted by Crippen LogP contribution is 2.43. The molecule has 5 nitrogen and oxygen atoms in total. The van der Waals surface area contributed by atoms with E-state index < -0.39 is 29.4 Å². The van der Waals surface area contributed by atoms with Crippen molar-refractivity contribution in [2.45, 2.75) is 19.9 Å². The minimum absolute atomic E-state index is 0.0150. The molecule has 174 valence electrons. The van der Waals surface area contributed by atoms with Crippen LogP contribution in [0.15, 0.2) is 70.7 Å². The van der Waals surface area contributed by atoms with Crippen LogP contribution in [-0.2, 0) is 9.59 Å². The lowest BCUT2D eigenvalue weighted by Crippen LogP contribution is -2.29. The SMILES string of the molecule is CCOc1cccc(C2/C(=C(\O)c3ccc(Br)c(C)c3)C(=O)C(=O)N2c2ccc(F)c(F)c2)c1. The lowest BCUT2D eigenvalue weighted by Gasteiger charge is -2.26. The van der Waals surface area contributed by atoms with Crippen molar-refractivity contribution in [3.63, 3.8) is 0 Å². The van der Waals surface area contributed by atoms with Crippen LogP contribution in [-0.4, -0.2) is 23.4 Å². The van der Waals surface area contributed by atoms with E-state index in [1.807, 2.05) is 13.8 Å². The zero-order valence-electron chi connectivity index (χ0n) is 18.3. The molecule has 0 spiro atoms. The van der Waals surface area contributed by atoms with Crippen LogP contribution in [0.25, 0.3) is 5.76 Å². The summed E-state index contributed by atoms with van der Waals surface area (Å²) < 4.78 is 34.0. The molecular formula is C26H20BrF2NO4. The number of benzene rings is 3. The van der Waals surface area contributed by atoms with Crippen molar-refractivity contribution >= 4 is 39.1 Å². The van der Waals surface area contributed by atoms with Gasteiger partial charge in [0, 0.05) is 21.8 Å². The molecule has 1 aliphatic rings. The van der Waals surface area contributed by atoms with Gasteiger partial charge in [-0.2, -0.15) is 0 Å². The summed E-state index contributed by atoms with van der Waals surface area (Å²) in [6.07, 6.45) is 0. The summed E-state index contributed by atoms with van der Waals surface area (Å²) in [5.74, 6) is -4.02. The molecule has 34 heavy (non-hydrogen) atoms. The number of carbonyl (C=O) groups excluding carboxylic acids is 2. The normalized spacial score (nSPS) is 17.3. The minimum atomic E-state index is -1.16. The Morgan fingerprint density at radius 2 is 1.82 bits per heavy atom. The molecule has 1 N–H and O–H groups in total. The van der Waals surface area contributed by atoms with Gasteiger partial charge in [-0.15, -0.1) is 0 Å². The second kappa shape index (κ2) is 9.38. The predicted octanol–water partition coefficient (Wildman–Crippen LogP) is 6.06. The molecule has 1 unspecified atom stereocenters. The summed E-state index contributed by atoms with van der Waals surface area (Å²) in [5.41, 5.74) is 1.44. The summed E-state index contributed by atoms with van der Waals surface area (Å²) >= 11 is 3.40. The molecule has 1 aliphatic heterocycles. The first kappa shape index (κ1) is 23.6. The third kappa shape index (κ3) is 4.21. The number of hydrogen-bond acceptors (Lipinski definition) is 4. The first-order valence-corrected chi connectivity index (χ1v) is 11.3. The Kier molecular flexibility index (Phi) is 6.52. The fourth-order valence-corrected chi connectivity index (χ4v) is 4.18.